The number of hydrogen-bond acceptors (Lipinski definition) is 3. The third kappa shape index (κ3) is 5.11. The SMILES string of the molecule is CC1CCN(CCCNC(=O)[C@@H]2CCCNC2)CC1. The lowest BCUT2D eigenvalue weighted by molar-refractivity contribution is -0.125. The molecule has 0 aromatic heterocycles. The minimum absolute atomic E-state index is 0.199. The number of carbonyl (C=O) groups is 1. The van der Waals surface area contributed by atoms with Gasteiger partial charge < -0.3 is 15.5 Å². The fourth-order valence-electron chi connectivity index (χ4n) is 3.02. The first-order valence-corrected chi connectivity index (χ1v) is 7.96. The Morgan fingerprint density at radius 3 is 2.79 bits per heavy atom. The summed E-state index contributed by atoms with van der Waals surface area (Å²) in [5.74, 6) is 1.35. The van der Waals surface area contributed by atoms with Crippen LogP contribution in [0, 0.1) is 11.8 Å². The van der Waals surface area contributed by atoms with Gasteiger partial charge in [0.15, 0.2) is 0 Å². The Kier molecular flexibility index (Phi) is 6.11. The first-order chi connectivity index (χ1) is 9.25. The lowest BCUT2D eigenvalue weighted by Gasteiger charge is -2.30. The largest absolute Gasteiger partial charge is 0.356 e. The van der Waals surface area contributed by atoms with Crippen molar-refractivity contribution in [1.29, 1.82) is 0 Å². The average Bonchev–Trinajstić information content (AvgIpc) is 2.46. The summed E-state index contributed by atoms with van der Waals surface area (Å²) in [4.78, 5) is 14.5. The number of hydrogen-bond donors (Lipinski definition) is 2. The number of piperidine rings is 2. The Morgan fingerprint density at radius 2 is 2.11 bits per heavy atom. The van der Waals surface area contributed by atoms with Gasteiger partial charge in [-0.15, -0.1) is 0 Å². The van der Waals surface area contributed by atoms with Crippen LogP contribution in [0.2, 0.25) is 0 Å². The molecular formula is C15H29N3O. The van der Waals surface area contributed by atoms with Crippen LogP contribution in [0.4, 0.5) is 0 Å². The number of amides is 1. The van der Waals surface area contributed by atoms with E-state index in [0.717, 1.165) is 51.4 Å². The van der Waals surface area contributed by atoms with Gasteiger partial charge in [-0.1, -0.05) is 6.92 Å². The standard InChI is InChI=1S/C15H29N3O/c1-13-5-10-18(11-6-13)9-3-8-17-15(19)14-4-2-7-16-12-14/h13-14,16H,2-12H2,1H3,(H,17,19)/t14-/m1/s1. The molecule has 0 radical (unpaired) electrons. The molecule has 0 unspecified atom stereocenters. The van der Waals surface area contributed by atoms with Gasteiger partial charge in [-0.05, 0) is 64.2 Å². The van der Waals surface area contributed by atoms with Crippen LogP contribution in [0.1, 0.15) is 39.0 Å². The van der Waals surface area contributed by atoms with Crippen molar-refractivity contribution in [2.75, 3.05) is 39.3 Å². The van der Waals surface area contributed by atoms with E-state index in [-0.39, 0.29) is 11.8 Å². The summed E-state index contributed by atoms with van der Waals surface area (Å²) >= 11 is 0. The first-order valence-electron chi connectivity index (χ1n) is 7.96. The zero-order valence-corrected chi connectivity index (χ0v) is 12.3. The molecule has 0 aromatic rings. The summed E-state index contributed by atoms with van der Waals surface area (Å²) in [6.45, 7) is 8.71. The van der Waals surface area contributed by atoms with Gasteiger partial charge in [-0.2, -0.15) is 0 Å². The van der Waals surface area contributed by atoms with Crippen LogP contribution in [0.15, 0.2) is 0 Å². The molecule has 1 atom stereocenters. The monoisotopic (exact) mass is 267 g/mol. The zero-order valence-electron chi connectivity index (χ0n) is 12.3. The van der Waals surface area contributed by atoms with E-state index in [2.05, 4.69) is 22.5 Å². The highest BCUT2D eigenvalue weighted by atomic mass is 16.1. The fourth-order valence-corrected chi connectivity index (χ4v) is 3.02. The van der Waals surface area contributed by atoms with Gasteiger partial charge in [0, 0.05) is 13.1 Å². The Labute approximate surface area is 117 Å². The molecule has 0 aromatic carbocycles. The molecule has 2 N–H and O–H groups in total. The quantitative estimate of drug-likeness (QED) is 0.736. The van der Waals surface area contributed by atoms with Crippen molar-refractivity contribution in [2.24, 2.45) is 11.8 Å². The molecule has 2 rings (SSSR count). The molecule has 1 amide bonds. The maximum Gasteiger partial charge on any atom is 0.224 e. The topological polar surface area (TPSA) is 44.4 Å². The smallest absolute Gasteiger partial charge is 0.224 e. The Balaban J connectivity index is 1.52. The van der Waals surface area contributed by atoms with E-state index in [1.807, 2.05) is 0 Å². The van der Waals surface area contributed by atoms with Crippen LogP contribution in [-0.2, 0) is 4.79 Å². The molecule has 0 aliphatic carbocycles. The Bertz CT molecular complexity index is 269. The van der Waals surface area contributed by atoms with Gasteiger partial charge in [0.05, 0.1) is 5.92 Å². The molecule has 110 valence electrons. The minimum atomic E-state index is 0.199. The summed E-state index contributed by atoms with van der Waals surface area (Å²) in [7, 11) is 0. The highest BCUT2D eigenvalue weighted by Gasteiger charge is 2.20. The molecule has 2 saturated heterocycles. The molecule has 4 nitrogen and oxygen atoms in total. The van der Waals surface area contributed by atoms with Crippen molar-refractivity contribution in [1.82, 2.24) is 15.5 Å². The van der Waals surface area contributed by atoms with Crippen LogP contribution in [-0.4, -0.2) is 50.1 Å². The molecule has 2 fully saturated rings. The van der Waals surface area contributed by atoms with Gasteiger partial charge in [-0.3, -0.25) is 4.79 Å². The summed E-state index contributed by atoms with van der Waals surface area (Å²) in [5, 5.41) is 6.39. The molecule has 0 saturated carbocycles. The van der Waals surface area contributed by atoms with Gasteiger partial charge in [0.25, 0.3) is 0 Å². The normalized spacial score (nSPS) is 26.3. The predicted molar refractivity (Wildman–Crippen MR) is 78.1 cm³/mol. The first kappa shape index (κ1) is 14.8. The van der Waals surface area contributed by atoms with Gasteiger partial charge in [-0.25, -0.2) is 0 Å². The molecule has 19 heavy (non-hydrogen) atoms. The second kappa shape index (κ2) is 7.85. The van der Waals surface area contributed by atoms with E-state index < -0.39 is 0 Å². The average molecular weight is 267 g/mol. The minimum Gasteiger partial charge on any atom is -0.356 e. The summed E-state index contributed by atoms with van der Waals surface area (Å²) in [6, 6.07) is 0. The lowest BCUT2D eigenvalue weighted by atomic mass is 9.98. The second-order valence-electron chi connectivity index (χ2n) is 6.21. The van der Waals surface area contributed by atoms with Crippen molar-refractivity contribution in [3.8, 4) is 0 Å². The van der Waals surface area contributed by atoms with E-state index >= 15 is 0 Å². The summed E-state index contributed by atoms with van der Waals surface area (Å²) in [5.41, 5.74) is 0. The fraction of sp³-hybridized carbons (Fsp3) is 0.933. The zero-order chi connectivity index (χ0) is 13.5. The van der Waals surface area contributed by atoms with Crippen LogP contribution in [0.3, 0.4) is 0 Å². The third-order valence-electron chi connectivity index (χ3n) is 4.49. The Morgan fingerprint density at radius 1 is 1.32 bits per heavy atom. The summed E-state index contributed by atoms with van der Waals surface area (Å²) < 4.78 is 0. The predicted octanol–water partition coefficient (Wildman–Crippen LogP) is 1.22. The third-order valence-corrected chi connectivity index (χ3v) is 4.49. The number of nitrogens with one attached hydrogen (secondary N) is 2. The number of carbonyl (C=O) groups excluding carboxylic acids is 1. The highest BCUT2D eigenvalue weighted by molar-refractivity contribution is 5.78. The van der Waals surface area contributed by atoms with E-state index in [1.54, 1.807) is 0 Å². The van der Waals surface area contributed by atoms with Crippen molar-refractivity contribution >= 4 is 5.91 Å². The van der Waals surface area contributed by atoms with Gasteiger partial charge in [0.1, 0.15) is 0 Å². The number of nitrogens with zero attached hydrogens (tertiary/aromatic N) is 1. The molecule has 2 heterocycles. The molecule has 0 spiro atoms. The van der Waals surface area contributed by atoms with Crippen molar-refractivity contribution in [3.63, 3.8) is 0 Å². The molecular weight excluding hydrogens is 238 g/mol. The van der Waals surface area contributed by atoms with Crippen molar-refractivity contribution in [2.45, 2.75) is 39.0 Å². The van der Waals surface area contributed by atoms with Gasteiger partial charge >= 0.3 is 0 Å². The second-order valence-corrected chi connectivity index (χ2v) is 6.21. The van der Waals surface area contributed by atoms with Crippen LogP contribution < -0.4 is 10.6 Å². The highest BCUT2D eigenvalue weighted by Crippen LogP contribution is 2.15. The van der Waals surface area contributed by atoms with Crippen LogP contribution in [0.25, 0.3) is 0 Å². The van der Waals surface area contributed by atoms with E-state index in [4.69, 9.17) is 0 Å². The lowest BCUT2D eigenvalue weighted by Crippen LogP contribution is -2.41. The molecule has 4 heteroatoms. The van der Waals surface area contributed by atoms with Gasteiger partial charge in [0.2, 0.25) is 5.91 Å². The molecule has 2 aliphatic rings. The molecule has 0 bridgehead atoms. The van der Waals surface area contributed by atoms with E-state index in [1.165, 1.54) is 25.9 Å². The maximum atomic E-state index is 11.9. The van der Waals surface area contributed by atoms with Crippen molar-refractivity contribution in [3.05, 3.63) is 0 Å². The van der Waals surface area contributed by atoms with Crippen LogP contribution in [0.5, 0.6) is 0 Å². The van der Waals surface area contributed by atoms with Crippen molar-refractivity contribution < 1.29 is 4.79 Å². The number of likely N-dealkylation sites (tertiary alicyclic amines) is 1. The number of rotatable bonds is 5. The molecule has 2 aliphatic heterocycles. The summed E-state index contributed by atoms with van der Waals surface area (Å²) in [6.07, 6.45) is 5.92. The maximum absolute atomic E-state index is 11.9. The van der Waals surface area contributed by atoms with E-state index in [0.29, 0.717) is 0 Å². The van der Waals surface area contributed by atoms with E-state index in [9.17, 15) is 4.79 Å². The van der Waals surface area contributed by atoms with Crippen LogP contribution >= 0.6 is 0 Å². The Hall–Kier alpha value is -0.610.